The van der Waals surface area contributed by atoms with Gasteiger partial charge in [-0.05, 0) is 12.1 Å². The first-order valence-corrected chi connectivity index (χ1v) is 6.30. The van der Waals surface area contributed by atoms with E-state index in [1.807, 2.05) is 24.3 Å². The highest BCUT2D eigenvalue weighted by atomic mass is 16.5. The number of rotatable bonds is 3. The molecule has 0 aliphatic carbocycles. The zero-order valence-corrected chi connectivity index (χ0v) is 10.8. The van der Waals surface area contributed by atoms with Crippen molar-refractivity contribution in [3.05, 3.63) is 24.3 Å². The van der Waals surface area contributed by atoms with Crippen molar-refractivity contribution < 1.29 is 9.26 Å². The first-order valence-electron chi connectivity index (χ1n) is 6.30. The lowest BCUT2D eigenvalue weighted by Gasteiger charge is -2.24. The number of nitrogens with zero attached hydrogens (tertiary/aromatic N) is 3. The molecule has 1 aromatic carbocycles. The molecule has 0 spiro atoms. The quantitative estimate of drug-likeness (QED) is 0.893. The normalized spacial score (nSPS) is 15.5. The second kappa shape index (κ2) is 5.27. The Morgan fingerprint density at radius 2 is 2.16 bits per heavy atom. The summed E-state index contributed by atoms with van der Waals surface area (Å²) in [6.07, 6.45) is 0. The van der Waals surface area contributed by atoms with E-state index in [1.165, 1.54) is 0 Å². The molecule has 1 N–H and O–H groups in total. The summed E-state index contributed by atoms with van der Waals surface area (Å²) in [7, 11) is 1.64. The maximum atomic E-state index is 5.33. The molecule has 0 atom stereocenters. The lowest BCUT2D eigenvalue weighted by atomic mass is 10.2. The molecule has 1 aliphatic rings. The predicted octanol–water partition coefficient (Wildman–Crippen LogP) is 1.15. The first-order chi connectivity index (χ1) is 9.36. The average molecular weight is 260 g/mol. The second-order valence-electron chi connectivity index (χ2n) is 4.37. The van der Waals surface area contributed by atoms with Crippen molar-refractivity contribution in [3.63, 3.8) is 0 Å². The van der Waals surface area contributed by atoms with Gasteiger partial charge in [-0.15, -0.1) is 0 Å². The highest BCUT2D eigenvalue weighted by Gasteiger charge is 2.17. The van der Waals surface area contributed by atoms with Crippen molar-refractivity contribution in [1.29, 1.82) is 0 Å². The Labute approximate surface area is 111 Å². The van der Waals surface area contributed by atoms with Crippen LogP contribution in [0.3, 0.4) is 0 Å². The SMILES string of the molecule is COc1cccc(-c2noc(N3CCNCC3)n2)c1. The lowest BCUT2D eigenvalue weighted by molar-refractivity contribution is 0.405. The van der Waals surface area contributed by atoms with E-state index in [2.05, 4.69) is 20.4 Å². The third-order valence-corrected chi connectivity index (χ3v) is 3.13. The van der Waals surface area contributed by atoms with Crippen molar-refractivity contribution in [2.24, 2.45) is 0 Å². The van der Waals surface area contributed by atoms with Crippen LogP contribution in [0, 0.1) is 0 Å². The molecular weight excluding hydrogens is 244 g/mol. The van der Waals surface area contributed by atoms with Crippen LogP contribution >= 0.6 is 0 Å². The van der Waals surface area contributed by atoms with Gasteiger partial charge in [0.25, 0.3) is 0 Å². The summed E-state index contributed by atoms with van der Waals surface area (Å²) in [4.78, 5) is 6.53. The number of aromatic nitrogens is 2. The van der Waals surface area contributed by atoms with Crippen LogP contribution in [-0.2, 0) is 0 Å². The first kappa shape index (κ1) is 12.0. The van der Waals surface area contributed by atoms with E-state index in [9.17, 15) is 0 Å². The largest absolute Gasteiger partial charge is 0.497 e. The van der Waals surface area contributed by atoms with Crippen LogP contribution in [0.1, 0.15) is 0 Å². The molecule has 1 aromatic heterocycles. The standard InChI is InChI=1S/C13H16N4O2/c1-18-11-4-2-3-10(9-11)12-15-13(19-16-12)17-7-5-14-6-8-17/h2-4,9,14H,5-8H2,1H3. The van der Waals surface area contributed by atoms with Crippen molar-refractivity contribution in [1.82, 2.24) is 15.5 Å². The minimum absolute atomic E-state index is 0.583. The van der Waals surface area contributed by atoms with Crippen molar-refractivity contribution in [2.75, 3.05) is 38.2 Å². The molecule has 6 nitrogen and oxygen atoms in total. The van der Waals surface area contributed by atoms with Gasteiger partial charge in [-0.1, -0.05) is 17.3 Å². The zero-order chi connectivity index (χ0) is 13.1. The van der Waals surface area contributed by atoms with Crippen molar-refractivity contribution in [3.8, 4) is 17.1 Å². The van der Waals surface area contributed by atoms with Crippen molar-refractivity contribution in [2.45, 2.75) is 0 Å². The predicted molar refractivity (Wildman–Crippen MR) is 71.4 cm³/mol. The fourth-order valence-corrected chi connectivity index (χ4v) is 2.08. The molecule has 0 radical (unpaired) electrons. The van der Waals surface area contributed by atoms with Crippen LogP contribution in [0.25, 0.3) is 11.4 Å². The molecule has 2 heterocycles. The molecule has 1 fully saturated rings. The van der Waals surface area contributed by atoms with Gasteiger partial charge in [-0.2, -0.15) is 4.98 Å². The minimum Gasteiger partial charge on any atom is -0.497 e. The van der Waals surface area contributed by atoms with E-state index < -0.39 is 0 Å². The van der Waals surface area contributed by atoms with Gasteiger partial charge < -0.3 is 19.5 Å². The maximum Gasteiger partial charge on any atom is 0.324 e. The number of anilines is 1. The third-order valence-electron chi connectivity index (χ3n) is 3.13. The summed E-state index contributed by atoms with van der Waals surface area (Å²) in [6.45, 7) is 3.66. The molecule has 1 aliphatic heterocycles. The van der Waals surface area contributed by atoms with Crippen LogP contribution in [0.2, 0.25) is 0 Å². The molecule has 19 heavy (non-hydrogen) atoms. The van der Waals surface area contributed by atoms with E-state index in [4.69, 9.17) is 9.26 Å². The number of ether oxygens (including phenoxy) is 1. The summed E-state index contributed by atoms with van der Waals surface area (Å²) < 4.78 is 10.5. The lowest BCUT2D eigenvalue weighted by Crippen LogP contribution is -2.43. The molecule has 100 valence electrons. The molecule has 6 heteroatoms. The molecule has 0 amide bonds. The van der Waals surface area contributed by atoms with E-state index in [-0.39, 0.29) is 0 Å². The van der Waals surface area contributed by atoms with Crippen LogP contribution in [0.5, 0.6) is 5.75 Å². The van der Waals surface area contributed by atoms with Gasteiger partial charge in [0, 0.05) is 31.7 Å². The summed E-state index contributed by atoms with van der Waals surface area (Å²) >= 11 is 0. The third kappa shape index (κ3) is 2.53. The molecule has 1 saturated heterocycles. The number of hydrogen-bond acceptors (Lipinski definition) is 6. The summed E-state index contributed by atoms with van der Waals surface area (Å²) in [5.41, 5.74) is 0.893. The monoisotopic (exact) mass is 260 g/mol. The number of piperazine rings is 1. The van der Waals surface area contributed by atoms with E-state index in [0.717, 1.165) is 37.5 Å². The number of benzene rings is 1. The number of nitrogens with one attached hydrogen (secondary N) is 1. The molecule has 0 bridgehead atoms. The Bertz CT molecular complexity index is 549. The van der Waals surface area contributed by atoms with Crippen LogP contribution in [-0.4, -0.2) is 43.4 Å². The summed E-state index contributed by atoms with van der Waals surface area (Å²) in [5, 5.41) is 7.32. The van der Waals surface area contributed by atoms with Gasteiger partial charge in [0.2, 0.25) is 5.82 Å². The smallest absolute Gasteiger partial charge is 0.324 e. The fraction of sp³-hybridized carbons (Fsp3) is 0.385. The average Bonchev–Trinajstić information content (AvgIpc) is 2.98. The fourth-order valence-electron chi connectivity index (χ4n) is 2.08. The van der Waals surface area contributed by atoms with E-state index in [1.54, 1.807) is 7.11 Å². The molecule has 2 aromatic rings. The second-order valence-corrected chi connectivity index (χ2v) is 4.37. The Balaban J connectivity index is 1.83. The van der Waals surface area contributed by atoms with Gasteiger partial charge in [0.1, 0.15) is 5.75 Å². The zero-order valence-electron chi connectivity index (χ0n) is 10.8. The van der Waals surface area contributed by atoms with Gasteiger partial charge in [-0.25, -0.2) is 0 Å². The minimum atomic E-state index is 0.583. The highest BCUT2D eigenvalue weighted by Crippen LogP contribution is 2.23. The molecule has 0 unspecified atom stereocenters. The summed E-state index contributed by atoms with van der Waals surface area (Å²) in [5.74, 6) is 1.37. The van der Waals surface area contributed by atoms with Crippen molar-refractivity contribution >= 4 is 6.01 Å². The molecular formula is C13H16N4O2. The van der Waals surface area contributed by atoms with Crippen LogP contribution in [0.4, 0.5) is 6.01 Å². The Hall–Kier alpha value is -2.08. The van der Waals surface area contributed by atoms with Crippen LogP contribution < -0.4 is 15.0 Å². The van der Waals surface area contributed by atoms with Gasteiger partial charge >= 0.3 is 6.01 Å². The van der Waals surface area contributed by atoms with E-state index in [0.29, 0.717) is 11.8 Å². The Kier molecular flexibility index (Phi) is 3.33. The van der Waals surface area contributed by atoms with Gasteiger partial charge in [-0.3, -0.25) is 0 Å². The topological polar surface area (TPSA) is 63.4 Å². The maximum absolute atomic E-state index is 5.33. The Morgan fingerprint density at radius 1 is 1.32 bits per heavy atom. The van der Waals surface area contributed by atoms with Gasteiger partial charge in [0.15, 0.2) is 0 Å². The Morgan fingerprint density at radius 3 is 2.95 bits per heavy atom. The summed E-state index contributed by atoms with van der Waals surface area (Å²) in [6, 6.07) is 8.22. The highest BCUT2D eigenvalue weighted by molar-refractivity contribution is 5.58. The number of hydrogen-bond donors (Lipinski definition) is 1. The van der Waals surface area contributed by atoms with Crippen LogP contribution in [0.15, 0.2) is 28.8 Å². The molecule has 3 rings (SSSR count). The number of methoxy groups -OCH3 is 1. The van der Waals surface area contributed by atoms with Gasteiger partial charge in [0.05, 0.1) is 7.11 Å². The van der Waals surface area contributed by atoms with E-state index >= 15 is 0 Å². The molecule has 0 saturated carbocycles.